The number of aromatic nitrogens is 4. The smallest absolute Gasteiger partial charge is 0.229 e. The maximum absolute atomic E-state index is 13.1. The van der Waals surface area contributed by atoms with E-state index < -0.39 is 5.82 Å². The van der Waals surface area contributed by atoms with E-state index >= 15 is 0 Å². The number of carbonyl (C=O) groups excluding carboxylic acids is 1. The van der Waals surface area contributed by atoms with Crippen molar-refractivity contribution in [3.63, 3.8) is 0 Å². The largest absolute Gasteiger partial charge is 0.310 e. The molecule has 3 rings (SSSR count). The monoisotopic (exact) mass is 307 g/mol. The third-order valence-electron chi connectivity index (χ3n) is 3.28. The number of nitrogens with zero attached hydrogens (tertiary/aromatic N) is 4. The van der Waals surface area contributed by atoms with Gasteiger partial charge < -0.3 is 5.32 Å². The molecule has 1 aliphatic rings. The number of anilines is 1. The first-order chi connectivity index (χ1) is 10.0. The summed E-state index contributed by atoms with van der Waals surface area (Å²) >= 11 is 5.72. The number of amides is 1. The molecule has 8 heteroatoms. The molecule has 1 N–H and O–H groups in total. The molecule has 2 aromatic rings. The number of rotatable bonds is 3. The molecule has 2 unspecified atom stereocenters. The maximum atomic E-state index is 13.1. The molecular formula is C13H11ClFN5O. The SMILES string of the molecule is Cc1nc(C2CC2C(=O)Nc2cc(Cl)ncn2)ncc1F. The van der Waals surface area contributed by atoms with Gasteiger partial charge in [0, 0.05) is 17.9 Å². The van der Waals surface area contributed by atoms with Crippen molar-refractivity contribution in [1.82, 2.24) is 19.9 Å². The van der Waals surface area contributed by atoms with E-state index in [1.807, 2.05) is 0 Å². The van der Waals surface area contributed by atoms with E-state index in [1.54, 1.807) is 6.92 Å². The first kappa shape index (κ1) is 13.8. The summed E-state index contributed by atoms with van der Waals surface area (Å²) in [5, 5.41) is 2.92. The Morgan fingerprint density at radius 3 is 2.95 bits per heavy atom. The third kappa shape index (κ3) is 2.97. The van der Waals surface area contributed by atoms with E-state index in [0.29, 0.717) is 18.1 Å². The van der Waals surface area contributed by atoms with Gasteiger partial charge in [0.1, 0.15) is 23.1 Å². The lowest BCUT2D eigenvalue weighted by atomic mass is 10.2. The fourth-order valence-corrected chi connectivity index (χ4v) is 2.19. The number of nitrogens with one attached hydrogen (secondary N) is 1. The van der Waals surface area contributed by atoms with Gasteiger partial charge in [-0.2, -0.15) is 0 Å². The highest BCUT2D eigenvalue weighted by Gasteiger charge is 2.46. The summed E-state index contributed by atoms with van der Waals surface area (Å²) in [5.74, 6) is -0.0989. The van der Waals surface area contributed by atoms with E-state index in [4.69, 9.17) is 11.6 Å². The lowest BCUT2D eigenvalue weighted by Crippen LogP contribution is -2.16. The molecule has 6 nitrogen and oxygen atoms in total. The number of hydrogen-bond donors (Lipinski definition) is 1. The number of carbonyl (C=O) groups is 1. The number of hydrogen-bond acceptors (Lipinski definition) is 5. The van der Waals surface area contributed by atoms with Gasteiger partial charge in [-0.05, 0) is 13.3 Å². The normalized spacial score (nSPS) is 20.1. The van der Waals surface area contributed by atoms with Crippen molar-refractivity contribution in [1.29, 1.82) is 0 Å². The van der Waals surface area contributed by atoms with Gasteiger partial charge in [0.25, 0.3) is 0 Å². The number of halogens is 2. The predicted molar refractivity (Wildman–Crippen MR) is 73.2 cm³/mol. The molecule has 2 aromatic heterocycles. The standard InChI is InChI=1S/C13H11ClFN5O/c1-6-9(15)4-16-12(19-6)7-2-8(7)13(21)20-11-3-10(14)17-5-18-11/h3-5,7-8H,2H2,1H3,(H,17,18,20,21). The van der Waals surface area contributed by atoms with Crippen molar-refractivity contribution in [3.05, 3.63) is 41.1 Å². The predicted octanol–water partition coefficient (Wildman–Crippen LogP) is 2.11. The van der Waals surface area contributed by atoms with Gasteiger partial charge in [-0.25, -0.2) is 24.3 Å². The quantitative estimate of drug-likeness (QED) is 0.878. The second-order valence-corrected chi connectivity index (χ2v) is 5.21. The molecular weight excluding hydrogens is 297 g/mol. The minimum absolute atomic E-state index is 0.0818. The Morgan fingerprint density at radius 1 is 1.43 bits per heavy atom. The van der Waals surface area contributed by atoms with Crippen LogP contribution >= 0.6 is 11.6 Å². The Bertz CT molecular complexity index is 711. The average Bonchev–Trinajstić information content (AvgIpc) is 3.22. The van der Waals surface area contributed by atoms with E-state index in [1.165, 1.54) is 12.4 Å². The Labute approximate surface area is 124 Å². The summed E-state index contributed by atoms with van der Waals surface area (Å²) in [4.78, 5) is 27.7. The second kappa shape index (κ2) is 5.33. The summed E-state index contributed by atoms with van der Waals surface area (Å²) in [6, 6.07) is 1.47. The summed E-state index contributed by atoms with van der Waals surface area (Å²) in [7, 11) is 0. The van der Waals surface area contributed by atoms with Crippen LogP contribution in [-0.2, 0) is 4.79 Å². The van der Waals surface area contributed by atoms with Gasteiger partial charge in [-0.15, -0.1) is 0 Å². The second-order valence-electron chi connectivity index (χ2n) is 4.83. The molecule has 1 saturated carbocycles. The summed E-state index contributed by atoms with van der Waals surface area (Å²) in [6.45, 7) is 1.57. The zero-order valence-corrected chi connectivity index (χ0v) is 11.8. The van der Waals surface area contributed by atoms with Crippen LogP contribution in [0.5, 0.6) is 0 Å². The Hall–Kier alpha value is -2.15. The van der Waals surface area contributed by atoms with Crippen LogP contribution in [0.1, 0.15) is 23.9 Å². The van der Waals surface area contributed by atoms with Crippen LogP contribution in [0.3, 0.4) is 0 Å². The first-order valence-corrected chi connectivity index (χ1v) is 6.70. The molecule has 0 spiro atoms. The minimum atomic E-state index is -0.448. The van der Waals surface area contributed by atoms with Gasteiger partial charge in [-0.3, -0.25) is 4.79 Å². The molecule has 2 atom stereocenters. The highest BCUT2D eigenvalue weighted by atomic mass is 35.5. The van der Waals surface area contributed by atoms with Crippen molar-refractivity contribution in [3.8, 4) is 0 Å². The molecule has 0 saturated heterocycles. The molecule has 1 fully saturated rings. The minimum Gasteiger partial charge on any atom is -0.310 e. The van der Waals surface area contributed by atoms with Crippen molar-refractivity contribution in [2.24, 2.45) is 5.92 Å². The Balaban J connectivity index is 1.67. The van der Waals surface area contributed by atoms with Gasteiger partial charge in [0.15, 0.2) is 5.82 Å². The third-order valence-corrected chi connectivity index (χ3v) is 3.49. The summed E-state index contributed by atoms with van der Waals surface area (Å²) < 4.78 is 13.1. The van der Waals surface area contributed by atoms with Crippen molar-refractivity contribution >= 4 is 23.3 Å². The summed E-state index contributed by atoms with van der Waals surface area (Å²) in [6.07, 6.45) is 3.04. The van der Waals surface area contributed by atoms with E-state index in [0.717, 1.165) is 6.20 Å². The zero-order valence-electron chi connectivity index (χ0n) is 11.0. The Kier molecular flexibility index (Phi) is 3.50. The van der Waals surface area contributed by atoms with Crippen molar-refractivity contribution < 1.29 is 9.18 Å². The van der Waals surface area contributed by atoms with Gasteiger partial charge >= 0.3 is 0 Å². The summed E-state index contributed by atoms with van der Waals surface area (Å²) in [5.41, 5.74) is 0.286. The molecule has 1 aliphatic carbocycles. The maximum Gasteiger partial charge on any atom is 0.229 e. The molecule has 2 heterocycles. The topological polar surface area (TPSA) is 80.7 Å². The first-order valence-electron chi connectivity index (χ1n) is 6.32. The van der Waals surface area contributed by atoms with E-state index in [2.05, 4.69) is 25.3 Å². The van der Waals surface area contributed by atoms with E-state index in [-0.39, 0.29) is 28.6 Å². The molecule has 0 bridgehead atoms. The zero-order chi connectivity index (χ0) is 15.0. The van der Waals surface area contributed by atoms with E-state index in [9.17, 15) is 9.18 Å². The molecule has 0 radical (unpaired) electrons. The molecule has 1 amide bonds. The molecule has 0 aliphatic heterocycles. The Morgan fingerprint density at radius 2 is 2.24 bits per heavy atom. The fourth-order valence-electron chi connectivity index (χ4n) is 2.04. The molecule has 0 aromatic carbocycles. The fraction of sp³-hybridized carbons (Fsp3) is 0.308. The molecule has 108 valence electrons. The van der Waals surface area contributed by atoms with Crippen LogP contribution in [0.2, 0.25) is 5.15 Å². The molecule has 21 heavy (non-hydrogen) atoms. The van der Waals surface area contributed by atoms with Crippen LogP contribution in [-0.4, -0.2) is 25.8 Å². The van der Waals surface area contributed by atoms with Crippen LogP contribution in [0.15, 0.2) is 18.6 Å². The van der Waals surface area contributed by atoms with Crippen LogP contribution in [0.25, 0.3) is 0 Å². The van der Waals surface area contributed by atoms with Gasteiger partial charge in [0.05, 0.1) is 11.9 Å². The van der Waals surface area contributed by atoms with Crippen LogP contribution < -0.4 is 5.32 Å². The van der Waals surface area contributed by atoms with Gasteiger partial charge in [0.2, 0.25) is 5.91 Å². The van der Waals surface area contributed by atoms with Crippen molar-refractivity contribution in [2.45, 2.75) is 19.3 Å². The van der Waals surface area contributed by atoms with Crippen LogP contribution in [0.4, 0.5) is 10.2 Å². The average molecular weight is 308 g/mol. The number of aryl methyl sites for hydroxylation is 1. The lowest BCUT2D eigenvalue weighted by molar-refractivity contribution is -0.117. The lowest BCUT2D eigenvalue weighted by Gasteiger charge is -2.04. The van der Waals surface area contributed by atoms with Gasteiger partial charge in [-0.1, -0.05) is 11.6 Å². The highest BCUT2D eigenvalue weighted by Crippen LogP contribution is 2.46. The highest BCUT2D eigenvalue weighted by molar-refractivity contribution is 6.29. The van der Waals surface area contributed by atoms with Crippen molar-refractivity contribution in [2.75, 3.05) is 5.32 Å². The van der Waals surface area contributed by atoms with Crippen LogP contribution in [0, 0.1) is 18.7 Å².